The van der Waals surface area contributed by atoms with Gasteiger partial charge in [-0.25, -0.2) is 9.97 Å². The minimum atomic E-state index is -0.533. The van der Waals surface area contributed by atoms with Crippen molar-refractivity contribution in [1.82, 2.24) is 9.97 Å². The maximum atomic E-state index is 6.60. The predicted octanol–water partition coefficient (Wildman–Crippen LogP) is 14.3. The van der Waals surface area contributed by atoms with Crippen molar-refractivity contribution in [3.8, 4) is 67.8 Å². The Morgan fingerprint density at radius 1 is 0.333 bits per heavy atom. The monoisotopic (exact) mass is 768 g/mol. The maximum Gasteiger partial charge on any atom is 0.227 e. The first-order chi connectivity index (χ1) is 29.7. The molecule has 1 aliphatic carbocycles. The van der Waals surface area contributed by atoms with Crippen molar-refractivity contribution in [3.05, 3.63) is 216 Å². The summed E-state index contributed by atoms with van der Waals surface area (Å²) in [6, 6.07) is 68.3. The second-order valence-electron chi connectivity index (χ2n) is 15.7. The first-order valence-corrected chi connectivity index (χ1v) is 20.2. The van der Waals surface area contributed by atoms with E-state index in [1.54, 1.807) is 0 Å². The molecular formula is C55H32N2O3. The van der Waals surface area contributed by atoms with Gasteiger partial charge in [0.25, 0.3) is 0 Å². The van der Waals surface area contributed by atoms with Gasteiger partial charge in [0.1, 0.15) is 22.5 Å². The van der Waals surface area contributed by atoms with Crippen molar-refractivity contribution in [2.24, 2.45) is 0 Å². The Morgan fingerprint density at radius 3 is 1.43 bits per heavy atom. The lowest BCUT2D eigenvalue weighted by Gasteiger charge is -2.39. The van der Waals surface area contributed by atoms with Crippen LogP contribution in [0, 0.1) is 0 Å². The van der Waals surface area contributed by atoms with E-state index in [9.17, 15) is 0 Å². The SMILES string of the molecule is c1ccc2c(c1)Oc1ccccc1C21c2ccc(-c3ccc(-c4cc(-c5nc6ccccc6o5)cc(-c5nc6ccccc6o5)c4)cc3)cc2-c2cc3ccccc3cc21. The van der Waals surface area contributed by atoms with Crippen LogP contribution in [-0.2, 0) is 5.41 Å². The summed E-state index contributed by atoms with van der Waals surface area (Å²) >= 11 is 0. The largest absolute Gasteiger partial charge is 0.457 e. The summed E-state index contributed by atoms with van der Waals surface area (Å²) in [7, 11) is 0. The standard InChI is InChI=1S/C55H32N2O3/c1-2-12-36-32-46-42(30-35(36)11-1)41-31-37(25-26-43(41)55(46)44-13-3-7-17-49(44)58-50-18-8-4-14-45(50)55)33-21-23-34(24-22-33)38-27-39(53-56-47-15-5-9-19-51(47)59-53)29-40(28-38)54-57-48-16-6-10-20-52(48)60-54/h1-32H. The molecule has 9 aromatic carbocycles. The highest BCUT2D eigenvalue weighted by molar-refractivity contribution is 5.98. The van der Waals surface area contributed by atoms with Gasteiger partial charge in [-0.1, -0.05) is 121 Å². The molecule has 0 atom stereocenters. The van der Waals surface area contributed by atoms with E-state index in [0.29, 0.717) is 11.8 Å². The molecule has 0 unspecified atom stereocenters. The molecule has 0 saturated heterocycles. The first-order valence-electron chi connectivity index (χ1n) is 20.2. The molecule has 13 rings (SSSR count). The van der Waals surface area contributed by atoms with Crippen LogP contribution in [-0.4, -0.2) is 9.97 Å². The molecule has 2 aromatic heterocycles. The first kappa shape index (κ1) is 33.0. The third-order valence-electron chi connectivity index (χ3n) is 12.4. The van der Waals surface area contributed by atoms with Crippen molar-refractivity contribution in [3.63, 3.8) is 0 Å². The lowest BCUT2D eigenvalue weighted by atomic mass is 9.66. The molecule has 1 aliphatic heterocycles. The average molecular weight is 769 g/mol. The van der Waals surface area contributed by atoms with Gasteiger partial charge in [0.05, 0.1) is 5.41 Å². The van der Waals surface area contributed by atoms with Crippen LogP contribution in [0.2, 0.25) is 0 Å². The maximum absolute atomic E-state index is 6.60. The zero-order valence-corrected chi connectivity index (χ0v) is 32.1. The summed E-state index contributed by atoms with van der Waals surface area (Å²) in [4.78, 5) is 9.68. The highest BCUT2D eigenvalue weighted by Gasteiger charge is 2.51. The van der Waals surface area contributed by atoms with E-state index in [-0.39, 0.29) is 0 Å². The zero-order chi connectivity index (χ0) is 39.4. The van der Waals surface area contributed by atoms with Crippen LogP contribution in [0.5, 0.6) is 11.5 Å². The molecule has 60 heavy (non-hydrogen) atoms. The molecule has 2 aliphatic rings. The Labute approximate surface area is 344 Å². The number of nitrogens with zero attached hydrogens (tertiary/aromatic N) is 2. The molecule has 0 N–H and O–H groups in total. The van der Waals surface area contributed by atoms with E-state index >= 15 is 0 Å². The van der Waals surface area contributed by atoms with Gasteiger partial charge in [-0.15, -0.1) is 0 Å². The van der Waals surface area contributed by atoms with Crippen molar-refractivity contribution in [1.29, 1.82) is 0 Å². The van der Waals surface area contributed by atoms with Crippen LogP contribution < -0.4 is 4.74 Å². The third-order valence-corrected chi connectivity index (χ3v) is 12.4. The van der Waals surface area contributed by atoms with E-state index in [1.165, 1.54) is 33.0 Å². The van der Waals surface area contributed by atoms with Gasteiger partial charge in [-0.2, -0.15) is 0 Å². The van der Waals surface area contributed by atoms with E-state index in [1.807, 2.05) is 54.6 Å². The van der Waals surface area contributed by atoms with Crippen LogP contribution in [0.25, 0.3) is 89.3 Å². The van der Waals surface area contributed by atoms with Crippen LogP contribution in [0.4, 0.5) is 0 Å². The van der Waals surface area contributed by atoms with Gasteiger partial charge in [-0.3, -0.25) is 0 Å². The molecule has 0 bridgehead atoms. The molecule has 280 valence electrons. The van der Waals surface area contributed by atoms with Crippen LogP contribution in [0.1, 0.15) is 22.3 Å². The fourth-order valence-electron chi connectivity index (χ4n) is 9.65. The lowest BCUT2D eigenvalue weighted by Crippen LogP contribution is -2.32. The minimum absolute atomic E-state index is 0.533. The van der Waals surface area contributed by atoms with E-state index < -0.39 is 5.41 Å². The summed E-state index contributed by atoms with van der Waals surface area (Å²) in [5, 5.41) is 2.44. The molecule has 0 radical (unpaired) electrons. The molecule has 0 fully saturated rings. The zero-order valence-electron chi connectivity index (χ0n) is 32.1. The quantitative estimate of drug-likeness (QED) is 0.178. The number of benzene rings is 9. The van der Waals surface area contributed by atoms with Gasteiger partial charge in [0.2, 0.25) is 11.8 Å². The summed E-state index contributed by atoms with van der Waals surface area (Å²) in [6.07, 6.45) is 0. The molecule has 0 saturated carbocycles. The van der Waals surface area contributed by atoms with Crippen LogP contribution >= 0.6 is 0 Å². The van der Waals surface area contributed by atoms with Gasteiger partial charge >= 0.3 is 0 Å². The van der Waals surface area contributed by atoms with E-state index in [2.05, 4.69) is 140 Å². The highest BCUT2D eigenvalue weighted by atomic mass is 16.5. The third kappa shape index (κ3) is 4.80. The van der Waals surface area contributed by atoms with Crippen LogP contribution in [0.3, 0.4) is 0 Å². The van der Waals surface area contributed by atoms with E-state index in [0.717, 1.165) is 78.2 Å². The number of aromatic nitrogens is 2. The molecule has 11 aromatic rings. The molecule has 5 heteroatoms. The fraction of sp³-hybridized carbons (Fsp3) is 0.0182. The Hall–Kier alpha value is -8.02. The molecule has 5 nitrogen and oxygen atoms in total. The van der Waals surface area contributed by atoms with E-state index in [4.69, 9.17) is 23.5 Å². The number of ether oxygens (including phenoxy) is 1. The Morgan fingerprint density at radius 2 is 0.817 bits per heavy atom. The predicted molar refractivity (Wildman–Crippen MR) is 238 cm³/mol. The average Bonchev–Trinajstić information content (AvgIpc) is 4.02. The summed E-state index contributed by atoms with van der Waals surface area (Å²) in [6.45, 7) is 0. The molecular weight excluding hydrogens is 737 g/mol. The van der Waals surface area contributed by atoms with Gasteiger partial charge < -0.3 is 13.6 Å². The van der Waals surface area contributed by atoms with Gasteiger partial charge in [-0.05, 0) is 128 Å². The smallest absolute Gasteiger partial charge is 0.227 e. The molecule has 1 spiro atoms. The summed E-state index contributed by atoms with van der Waals surface area (Å²) in [5.41, 5.74) is 16.0. The summed E-state index contributed by atoms with van der Waals surface area (Å²) in [5.74, 6) is 2.88. The van der Waals surface area contributed by atoms with Crippen molar-refractivity contribution in [2.75, 3.05) is 0 Å². The number of para-hydroxylation sites is 6. The second kappa shape index (κ2) is 12.5. The lowest BCUT2D eigenvalue weighted by molar-refractivity contribution is 0.436. The molecule has 3 heterocycles. The van der Waals surface area contributed by atoms with Gasteiger partial charge in [0, 0.05) is 22.3 Å². The minimum Gasteiger partial charge on any atom is -0.457 e. The van der Waals surface area contributed by atoms with Crippen molar-refractivity contribution < 1.29 is 13.6 Å². The van der Waals surface area contributed by atoms with Gasteiger partial charge in [0.15, 0.2) is 11.2 Å². The fourth-order valence-corrected chi connectivity index (χ4v) is 9.65. The Bertz CT molecular complexity index is 3340. The van der Waals surface area contributed by atoms with Crippen molar-refractivity contribution >= 4 is 33.0 Å². The number of hydrogen-bond donors (Lipinski definition) is 0. The van der Waals surface area contributed by atoms with Crippen molar-refractivity contribution in [2.45, 2.75) is 5.41 Å². The second-order valence-corrected chi connectivity index (χ2v) is 15.7. The normalized spacial score (nSPS) is 13.3. The Kier molecular flexibility index (Phi) is 6.87. The number of oxazole rings is 2. The Balaban J connectivity index is 0.954. The topological polar surface area (TPSA) is 61.3 Å². The summed E-state index contributed by atoms with van der Waals surface area (Å²) < 4.78 is 19.1. The number of fused-ring (bicyclic) bond motifs is 12. The number of hydrogen-bond acceptors (Lipinski definition) is 5. The molecule has 0 amide bonds. The highest BCUT2D eigenvalue weighted by Crippen LogP contribution is 2.62. The van der Waals surface area contributed by atoms with Crippen LogP contribution in [0.15, 0.2) is 203 Å². The number of rotatable bonds is 4.